The van der Waals surface area contributed by atoms with Gasteiger partial charge in [-0.2, -0.15) is 0 Å². The number of anilines is 2. The largest absolute Gasteiger partial charge is 0.478 e. The lowest BCUT2D eigenvalue weighted by Gasteiger charge is -2.31. The smallest absolute Gasteiger partial charge is 0.267 e. The van der Waals surface area contributed by atoms with Gasteiger partial charge in [0.25, 0.3) is 15.9 Å². The van der Waals surface area contributed by atoms with E-state index in [-0.39, 0.29) is 10.8 Å². The van der Waals surface area contributed by atoms with Gasteiger partial charge in [-0.3, -0.25) is 9.10 Å². The number of ether oxygens (including phenoxy) is 1. The fourth-order valence-corrected chi connectivity index (χ4v) is 5.39. The van der Waals surface area contributed by atoms with E-state index in [1.54, 1.807) is 80.6 Å². The first-order valence-corrected chi connectivity index (χ1v) is 12.5. The number of fused-ring (bicyclic) bond motifs is 1. The van der Waals surface area contributed by atoms with Crippen molar-refractivity contribution in [2.45, 2.75) is 37.2 Å². The predicted molar refractivity (Wildman–Crippen MR) is 131 cm³/mol. The molecule has 0 aromatic heterocycles. The fourth-order valence-electron chi connectivity index (χ4n) is 3.71. The number of carbonyl (C=O) groups is 1. The molecule has 0 fully saturated rings. The zero-order chi connectivity index (χ0) is 23.6. The normalized spacial score (nSPS) is 13.8. The summed E-state index contributed by atoms with van der Waals surface area (Å²) in [6.45, 7) is 3.72. The average molecular weight is 485 g/mol. The molecule has 1 aliphatic heterocycles. The first kappa shape index (κ1) is 23.1. The Bertz CT molecular complexity index is 1260. The van der Waals surface area contributed by atoms with Crippen molar-refractivity contribution in [3.05, 3.63) is 83.4 Å². The number of carbonyl (C=O) groups excluding carboxylic acids is 1. The lowest BCUT2D eigenvalue weighted by atomic mass is 10.0. The standard InChI is InChI=1S/C25H25ClN2O4S/c1-25(2,32-21-14-11-19(26)12-15-21)24(29)27-20-13-10-18-7-6-16-28(23(18)17-20)33(30,31)22-8-4-3-5-9-22/h3-5,8-15,17H,6-7,16H2,1-2H3,(H,27,29). The molecule has 3 aromatic carbocycles. The summed E-state index contributed by atoms with van der Waals surface area (Å²) in [7, 11) is -3.71. The van der Waals surface area contributed by atoms with E-state index in [0.717, 1.165) is 18.4 Å². The number of aryl methyl sites for hydroxylation is 1. The van der Waals surface area contributed by atoms with Crippen LogP contribution in [0.2, 0.25) is 5.02 Å². The van der Waals surface area contributed by atoms with Crippen LogP contribution in [-0.4, -0.2) is 26.5 Å². The Hall–Kier alpha value is -3.03. The molecule has 0 spiro atoms. The van der Waals surface area contributed by atoms with Gasteiger partial charge in [0.15, 0.2) is 5.60 Å². The summed E-state index contributed by atoms with van der Waals surface area (Å²) in [5, 5.41) is 3.44. The molecule has 0 unspecified atom stereocenters. The molecule has 1 amide bonds. The third-order valence-electron chi connectivity index (χ3n) is 5.48. The van der Waals surface area contributed by atoms with Crippen LogP contribution in [-0.2, 0) is 21.2 Å². The summed E-state index contributed by atoms with van der Waals surface area (Å²) >= 11 is 5.91. The minimum absolute atomic E-state index is 0.241. The van der Waals surface area contributed by atoms with Crippen molar-refractivity contribution in [2.24, 2.45) is 0 Å². The first-order chi connectivity index (χ1) is 15.7. The number of nitrogens with zero attached hydrogens (tertiary/aromatic N) is 1. The molecular formula is C25H25ClN2O4S. The average Bonchev–Trinajstić information content (AvgIpc) is 2.80. The Morgan fingerprint density at radius 3 is 2.42 bits per heavy atom. The molecule has 0 saturated carbocycles. The Balaban J connectivity index is 1.57. The van der Waals surface area contributed by atoms with Crippen LogP contribution in [0.4, 0.5) is 11.4 Å². The van der Waals surface area contributed by atoms with E-state index < -0.39 is 15.6 Å². The molecule has 33 heavy (non-hydrogen) atoms. The molecule has 3 aromatic rings. The lowest BCUT2D eigenvalue weighted by molar-refractivity contribution is -0.128. The third-order valence-corrected chi connectivity index (χ3v) is 7.56. The van der Waals surface area contributed by atoms with Gasteiger partial charge in [0.05, 0.1) is 10.6 Å². The van der Waals surface area contributed by atoms with Crippen molar-refractivity contribution >= 4 is 38.9 Å². The van der Waals surface area contributed by atoms with Crippen LogP contribution in [0.3, 0.4) is 0 Å². The van der Waals surface area contributed by atoms with Gasteiger partial charge in [0.1, 0.15) is 5.75 Å². The van der Waals surface area contributed by atoms with Crippen molar-refractivity contribution in [1.82, 2.24) is 0 Å². The van der Waals surface area contributed by atoms with Crippen molar-refractivity contribution in [3.63, 3.8) is 0 Å². The van der Waals surface area contributed by atoms with Gasteiger partial charge in [0.2, 0.25) is 0 Å². The van der Waals surface area contributed by atoms with Crippen molar-refractivity contribution < 1.29 is 17.9 Å². The molecule has 1 N–H and O–H groups in total. The van der Waals surface area contributed by atoms with E-state index in [0.29, 0.717) is 28.7 Å². The minimum atomic E-state index is -3.71. The van der Waals surface area contributed by atoms with Crippen molar-refractivity contribution in [2.75, 3.05) is 16.2 Å². The molecule has 172 valence electrons. The number of amides is 1. The second kappa shape index (κ2) is 9.08. The topological polar surface area (TPSA) is 75.7 Å². The quantitative estimate of drug-likeness (QED) is 0.516. The fraction of sp³-hybridized carbons (Fsp3) is 0.240. The zero-order valence-corrected chi connectivity index (χ0v) is 20.0. The van der Waals surface area contributed by atoms with E-state index in [1.165, 1.54) is 4.31 Å². The van der Waals surface area contributed by atoms with E-state index in [4.69, 9.17) is 16.3 Å². The SMILES string of the molecule is CC(C)(Oc1ccc(Cl)cc1)C(=O)Nc1ccc2c(c1)N(S(=O)(=O)c1ccccc1)CCC2. The molecule has 1 heterocycles. The Kier molecular flexibility index (Phi) is 6.36. The first-order valence-electron chi connectivity index (χ1n) is 10.6. The van der Waals surface area contributed by atoms with Gasteiger partial charge in [-0.1, -0.05) is 35.9 Å². The van der Waals surface area contributed by atoms with E-state index in [1.807, 2.05) is 6.07 Å². The summed E-state index contributed by atoms with van der Waals surface area (Å²) in [5.74, 6) is 0.163. The maximum atomic E-state index is 13.3. The van der Waals surface area contributed by atoms with Crippen LogP contribution in [0.5, 0.6) is 5.75 Å². The molecule has 0 radical (unpaired) electrons. The number of rotatable bonds is 6. The van der Waals surface area contributed by atoms with Gasteiger partial charge in [-0.05, 0) is 80.8 Å². The van der Waals surface area contributed by atoms with E-state index in [9.17, 15) is 13.2 Å². The lowest BCUT2D eigenvalue weighted by Crippen LogP contribution is -2.42. The number of sulfonamides is 1. The molecule has 0 atom stereocenters. The molecule has 0 saturated heterocycles. The Labute approximate surface area is 199 Å². The van der Waals surface area contributed by atoms with Gasteiger partial charge < -0.3 is 10.1 Å². The highest BCUT2D eigenvalue weighted by molar-refractivity contribution is 7.92. The third kappa shape index (κ3) is 4.99. The monoisotopic (exact) mass is 484 g/mol. The van der Waals surface area contributed by atoms with Crippen LogP contribution < -0.4 is 14.4 Å². The van der Waals surface area contributed by atoms with E-state index in [2.05, 4.69) is 5.32 Å². The highest BCUT2D eigenvalue weighted by Gasteiger charge is 2.32. The molecule has 0 aliphatic carbocycles. The Morgan fingerprint density at radius 2 is 1.73 bits per heavy atom. The zero-order valence-electron chi connectivity index (χ0n) is 18.4. The van der Waals surface area contributed by atoms with Crippen molar-refractivity contribution in [1.29, 1.82) is 0 Å². The maximum Gasteiger partial charge on any atom is 0.267 e. The van der Waals surface area contributed by atoms with Gasteiger partial charge in [0, 0.05) is 17.3 Å². The summed E-state index contributed by atoms with van der Waals surface area (Å²) < 4.78 is 33.8. The number of halogens is 1. The summed E-state index contributed by atoms with van der Waals surface area (Å²) in [6.07, 6.45) is 1.50. The molecule has 8 heteroatoms. The number of hydrogen-bond acceptors (Lipinski definition) is 4. The number of benzene rings is 3. The molecule has 6 nitrogen and oxygen atoms in total. The molecule has 1 aliphatic rings. The highest BCUT2D eigenvalue weighted by Crippen LogP contribution is 2.34. The second-order valence-corrected chi connectivity index (χ2v) is 10.7. The van der Waals surface area contributed by atoms with Crippen LogP contribution in [0.1, 0.15) is 25.8 Å². The molecule has 0 bridgehead atoms. The van der Waals surface area contributed by atoms with E-state index >= 15 is 0 Å². The number of hydrogen-bond donors (Lipinski definition) is 1. The second-order valence-electron chi connectivity index (χ2n) is 8.36. The van der Waals surface area contributed by atoms with Crippen LogP contribution in [0.15, 0.2) is 77.7 Å². The Morgan fingerprint density at radius 1 is 1.03 bits per heavy atom. The van der Waals surface area contributed by atoms with Gasteiger partial charge >= 0.3 is 0 Å². The van der Waals surface area contributed by atoms with Crippen LogP contribution in [0, 0.1) is 0 Å². The van der Waals surface area contributed by atoms with Gasteiger partial charge in [-0.25, -0.2) is 8.42 Å². The van der Waals surface area contributed by atoms with Crippen LogP contribution in [0.25, 0.3) is 0 Å². The summed E-state index contributed by atoms with van der Waals surface area (Å²) in [6, 6.07) is 20.5. The van der Waals surface area contributed by atoms with Crippen molar-refractivity contribution in [3.8, 4) is 5.75 Å². The highest BCUT2D eigenvalue weighted by atomic mass is 35.5. The number of nitrogens with one attached hydrogen (secondary N) is 1. The summed E-state index contributed by atoms with van der Waals surface area (Å²) in [5.41, 5.74) is 0.843. The minimum Gasteiger partial charge on any atom is -0.478 e. The molecular weight excluding hydrogens is 460 g/mol. The summed E-state index contributed by atoms with van der Waals surface area (Å²) in [4.78, 5) is 13.2. The maximum absolute atomic E-state index is 13.3. The van der Waals surface area contributed by atoms with Gasteiger partial charge in [-0.15, -0.1) is 0 Å². The van der Waals surface area contributed by atoms with Crippen LogP contribution >= 0.6 is 11.6 Å². The molecule has 4 rings (SSSR count). The predicted octanol–water partition coefficient (Wildman–Crippen LogP) is 5.28.